The third-order valence-electron chi connectivity index (χ3n) is 2.82. The molecule has 3 nitrogen and oxygen atoms in total. The Balaban J connectivity index is 2.37. The minimum atomic E-state index is -4.54. The molecule has 0 saturated carbocycles. The number of aryl methyl sites for hydroxylation is 1. The standard InChI is InChI=1S/C14H11BrF3NO2S/c1-9-5-6-13(12(15)7-9)22(20,21)19-11-4-2-3-10(8-11)14(16,17)18/h2-8,19H,1H3. The van der Waals surface area contributed by atoms with E-state index in [0.717, 1.165) is 23.8 Å². The fourth-order valence-corrected chi connectivity index (χ4v) is 4.04. The Labute approximate surface area is 134 Å². The maximum absolute atomic E-state index is 12.6. The molecule has 0 unspecified atom stereocenters. The zero-order valence-corrected chi connectivity index (χ0v) is 13.7. The molecule has 8 heteroatoms. The van der Waals surface area contributed by atoms with Gasteiger partial charge in [0.1, 0.15) is 4.90 Å². The lowest BCUT2D eigenvalue weighted by Gasteiger charge is -2.12. The van der Waals surface area contributed by atoms with Crippen molar-refractivity contribution in [3.63, 3.8) is 0 Å². The molecule has 0 heterocycles. The van der Waals surface area contributed by atoms with E-state index in [1.165, 1.54) is 12.1 Å². The Morgan fingerprint density at radius 3 is 2.36 bits per heavy atom. The topological polar surface area (TPSA) is 46.2 Å². The number of hydrogen-bond donors (Lipinski definition) is 1. The van der Waals surface area contributed by atoms with E-state index in [-0.39, 0.29) is 10.6 Å². The maximum atomic E-state index is 12.6. The Morgan fingerprint density at radius 2 is 1.77 bits per heavy atom. The molecule has 2 rings (SSSR count). The van der Waals surface area contributed by atoms with Crippen LogP contribution in [0.3, 0.4) is 0 Å². The van der Waals surface area contributed by atoms with Crippen molar-refractivity contribution >= 4 is 31.6 Å². The van der Waals surface area contributed by atoms with Gasteiger partial charge in [0.15, 0.2) is 0 Å². The van der Waals surface area contributed by atoms with Gasteiger partial charge in [0.2, 0.25) is 0 Å². The zero-order valence-electron chi connectivity index (χ0n) is 11.3. The summed E-state index contributed by atoms with van der Waals surface area (Å²) in [6.45, 7) is 1.79. The SMILES string of the molecule is Cc1ccc(S(=O)(=O)Nc2cccc(C(F)(F)F)c2)c(Br)c1. The van der Waals surface area contributed by atoms with Crippen LogP contribution >= 0.6 is 15.9 Å². The van der Waals surface area contributed by atoms with E-state index in [9.17, 15) is 21.6 Å². The van der Waals surface area contributed by atoms with Crippen LogP contribution < -0.4 is 4.72 Å². The van der Waals surface area contributed by atoms with Gasteiger partial charge >= 0.3 is 6.18 Å². The number of sulfonamides is 1. The molecule has 0 aliphatic heterocycles. The van der Waals surface area contributed by atoms with Gasteiger partial charge in [-0.25, -0.2) is 8.42 Å². The highest BCUT2D eigenvalue weighted by Gasteiger charge is 2.30. The van der Waals surface area contributed by atoms with E-state index in [4.69, 9.17) is 0 Å². The molecule has 0 bridgehead atoms. The molecule has 0 spiro atoms. The van der Waals surface area contributed by atoms with E-state index in [1.807, 2.05) is 0 Å². The Bertz CT molecular complexity index is 804. The summed E-state index contributed by atoms with van der Waals surface area (Å²) < 4.78 is 65.0. The number of alkyl halides is 3. The molecule has 1 N–H and O–H groups in total. The quantitative estimate of drug-likeness (QED) is 0.829. The van der Waals surface area contributed by atoms with Crippen molar-refractivity contribution in [3.8, 4) is 0 Å². The first-order chi connectivity index (χ1) is 10.1. The number of benzene rings is 2. The van der Waals surface area contributed by atoms with Gasteiger partial charge in [-0.3, -0.25) is 4.72 Å². The first-order valence-corrected chi connectivity index (χ1v) is 8.33. The number of hydrogen-bond acceptors (Lipinski definition) is 2. The smallest absolute Gasteiger partial charge is 0.280 e. The first-order valence-electron chi connectivity index (χ1n) is 6.06. The summed E-state index contributed by atoms with van der Waals surface area (Å²) in [6.07, 6.45) is -4.54. The van der Waals surface area contributed by atoms with E-state index >= 15 is 0 Å². The van der Waals surface area contributed by atoms with Crippen LogP contribution in [0.2, 0.25) is 0 Å². The minimum absolute atomic E-state index is 0.0458. The first kappa shape index (κ1) is 16.8. The summed E-state index contributed by atoms with van der Waals surface area (Å²) >= 11 is 3.14. The number of anilines is 1. The van der Waals surface area contributed by atoms with Crippen molar-refractivity contribution in [2.45, 2.75) is 18.0 Å². The number of rotatable bonds is 3. The van der Waals surface area contributed by atoms with E-state index in [0.29, 0.717) is 4.47 Å². The molecule has 0 aliphatic carbocycles. The molecule has 0 aliphatic rings. The van der Waals surface area contributed by atoms with Gasteiger partial charge < -0.3 is 0 Å². The summed E-state index contributed by atoms with van der Waals surface area (Å²) in [6, 6.07) is 8.63. The average molecular weight is 394 g/mol. The molecule has 2 aromatic carbocycles. The van der Waals surface area contributed by atoms with Crippen molar-refractivity contribution in [1.82, 2.24) is 0 Å². The van der Waals surface area contributed by atoms with Crippen LogP contribution in [0.1, 0.15) is 11.1 Å². The van der Waals surface area contributed by atoms with Crippen LogP contribution in [0, 0.1) is 6.92 Å². The lowest BCUT2D eigenvalue weighted by molar-refractivity contribution is -0.137. The Morgan fingerprint density at radius 1 is 1.09 bits per heavy atom. The largest absolute Gasteiger partial charge is 0.416 e. The molecule has 22 heavy (non-hydrogen) atoms. The second kappa shape index (κ2) is 5.92. The fourth-order valence-electron chi connectivity index (χ4n) is 1.79. The summed E-state index contributed by atoms with van der Waals surface area (Å²) in [5.74, 6) is 0. The molecule has 2 aromatic rings. The summed E-state index contributed by atoms with van der Waals surface area (Å²) in [4.78, 5) is -0.0458. The predicted molar refractivity (Wildman–Crippen MR) is 81.1 cm³/mol. The van der Waals surface area contributed by atoms with Gasteiger partial charge in [-0.15, -0.1) is 0 Å². The van der Waals surface area contributed by atoms with Crippen LogP contribution in [0.5, 0.6) is 0 Å². The molecule has 0 aromatic heterocycles. The third-order valence-corrected chi connectivity index (χ3v) is 5.18. The van der Waals surface area contributed by atoms with Gasteiger partial charge in [0.25, 0.3) is 10.0 Å². The van der Waals surface area contributed by atoms with Gasteiger partial charge in [0, 0.05) is 10.2 Å². The highest BCUT2D eigenvalue weighted by Crippen LogP contribution is 2.31. The molecule has 0 saturated heterocycles. The van der Waals surface area contributed by atoms with Crippen molar-refractivity contribution in [2.24, 2.45) is 0 Å². The van der Waals surface area contributed by atoms with Gasteiger partial charge in [0.05, 0.1) is 5.56 Å². The zero-order chi connectivity index (χ0) is 16.5. The van der Waals surface area contributed by atoms with Crippen molar-refractivity contribution in [3.05, 3.63) is 58.1 Å². The third kappa shape index (κ3) is 3.80. The lowest BCUT2D eigenvalue weighted by Crippen LogP contribution is -2.14. The van der Waals surface area contributed by atoms with Gasteiger partial charge in [-0.1, -0.05) is 12.1 Å². The Kier molecular flexibility index (Phi) is 4.53. The van der Waals surface area contributed by atoms with Crippen LogP contribution in [0.4, 0.5) is 18.9 Å². The molecule has 0 radical (unpaired) electrons. The minimum Gasteiger partial charge on any atom is -0.280 e. The second-order valence-electron chi connectivity index (χ2n) is 4.62. The summed E-state index contributed by atoms with van der Waals surface area (Å²) in [7, 11) is -3.99. The van der Waals surface area contributed by atoms with Crippen LogP contribution in [0.25, 0.3) is 0 Å². The molecular formula is C14H11BrF3NO2S. The maximum Gasteiger partial charge on any atom is 0.416 e. The van der Waals surface area contributed by atoms with Gasteiger partial charge in [-0.2, -0.15) is 13.2 Å². The number of halogens is 4. The van der Waals surface area contributed by atoms with Crippen LogP contribution in [-0.4, -0.2) is 8.42 Å². The van der Waals surface area contributed by atoms with Crippen molar-refractivity contribution < 1.29 is 21.6 Å². The second-order valence-corrected chi connectivity index (χ2v) is 7.12. The fraction of sp³-hybridized carbons (Fsp3) is 0.143. The monoisotopic (exact) mass is 393 g/mol. The van der Waals surface area contributed by atoms with Crippen LogP contribution in [-0.2, 0) is 16.2 Å². The molecule has 0 fully saturated rings. The molecule has 0 amide bonds. The predicted octanol–water partition coefficient (Wildman–Crippen LogP) is 4.58. The summed E-state index contributed by atoms with van der Waals surface area (Å²) in [5.41, 5.74) is -0.220. The highest BCUT2D eigenvalue weighted by molar-refractivity contribution is 9.10. The van der Waals surface area contributed by atoms with E-state index in [1.54, 1.807) is 19.1 Å². The van der Waals surface area contributed by atoms with Crippen LogP contribution in [0.15, 0.2) is 51.8 Å². The van der Waals surface area contributed by atoms with Gasteiger partial charge in [-0.05, 0) is 58.7 Å². The average Bonchev–Trinajstić information content (AvgIpc) is 2.36. The highest BCUT2D eigenvalue weighted by atomic mass is 79.9. The van der Waals surface area contributed by atoms with E-state index in [2.05, 4.69) is 20.7 Å². The lowest BCUT2D eigenvalue weighted by atomic mass is 10.2. The van der Waals surface area contributed by atoms with E-state index < -0.39 is 21.8 Å². The molecule has 0 atom stereocenters. The molecule has 118 valence electrons. The summed E-state index contributed by atoms with van der Waals surface area (Å²) in [5, 5.41) is 0. The molecular weight excluding hydrogens is 383 g/mol. The Hall–Kier alpha value is -1.54. The number of nitrogens with one attached hydrogen (secondary N) is 1. The van der Waals surface area contributed by atoms with Crippen molar-refractivity contribution in [2.75, 3.05) is 4.72 Å². The van der Waals surface area contributed by atoms with Crippen molar-refractivity contribution in [1.29, 1.82) is 0 Å². The normalized spacial score (nSPS) is 12.2.